The maximum absolute atomic E-state index is 12.0. The minimum absolute atomic E-state index is 0.242. The zero-order valence-corrected chi connectivity index (χ0v) is 10.8. The third kappa shape index (κ3) is 3.77. The highest BCUT2D eigenvalue weighted by molar-refractivity contribution is 6.02. The van der Waals surface area contributed by atoms with Crippen molar-refractivity contribution in [2.24, 2.45) is 0 Å². The summed E-state index contributed by atoms with van der Waals surface area (Å²) in [7, 11) is 0. The van der Waals surface area contributed by atoms with Crippen molar-refractivity contribution in [1.29, 1.82) is 0 Å². The van der Waals surface area contributed by atoms with Crippen LogP contribution in [0.25, 0.3) is 0 Å². The van der Waals surface area contributed by atoms with Gasteiger partial charge in [0.2, 0.25) is 5.95 Å². The molecule has 0 aliphatic rings. The second kappa shape index (κ2) is 6.49. The van der Waals surface area contributed by atoms with Crippen LogP contribution in [0.2, 0.25) is 0 Å². The molecule has 0 saturated heterocycles. The van der Waals surface area contributed by atoms with E-state index in [4.69, 9.17) is 0 Å². The molecule has 1 amide bonds. The van der Waals surface area contributed by atoms with E-state index >= 15 is 0 Å². The Balaban J connectivity index is 2.06. The summed E-state index contributed by atoms with van der Waals surface area (Å²) in [4.78, 5) is 20.2. The number of aromatic nitrogens is 2. The SMILES string of the molecule is CCCNc1nccc(C(=O)Nc2ccccc2)n1. The Kier molecular flexibility index (Phi) is 4.44. The summed E-state index contributed by atoms with van der Waals surface area (Å²) in [5.74, 6) is 0.232. The number of para-hydroxylation sites is 1. The molecule has 0 spiro atoms. The second-order valence-electron chi connectivity index (χ2n) is 4.01. The van der Waals surface area contributed by atoms with Gasteiger partial charge in [-0.1, -0.05) is 25.1 Å². The van der Waals surface area contributed by atoms with Crippen molar-refractivity contribution < 1.29 is 4.79 Å². The van der Waals surface area contributed by atoms with Gasteiger partial charge in [0.15, 0.2) is 0 Å². The molecule has 0 saturated carbocycles. The van der Waals surface area contributed by atoms with Crippen LogP contribution in [0.15, 0.2) is 42.6 Å². The van der Waals surface area contributed by atoms with E-state index in [9.17, 15) is 4.79 Å². The van der Waals surface area contributed by atoms with E-state index in [1.807, 2.05) is 30.3 Å². The normalized spacial score (nSPS) is 9.95. The molecule has 0 unspecified atom stereocenters. The van der Waals surface area contributed by atoms with Gasteiger partial charge in [-0.15, -0.1) is 0 Å². The van der Waals surface area contributed by atoms with Crippen LogP contribution < -0.4 is 10.6 Å². The van der Waals surface area contributed by atoms with Crippen LogP contribution in [0.1, 0.15) is 23.8 Å². The fourth-order valence-corrected chi connectivity index (χ4v) is 1.52. The molecule has 0 fully saturated rings. The average Bonchev–Trinajstić information content (AvgIpc) is 2.46. The molecule has 2 rings (SSSR count). The predicted molar refractivity (Wildman–Crippen MR) is 75.2 cm³/mol. The van der Waals surface area contributed by atoms with Gasteiger partial charge in [-0.3, -0.25) is 4.79 Å². The number of carbonyl (C=O) groups excluding carboxylic acids is 1. The fraction of sp³-hybridized carbons (Fsp3) is 0.214. The summed E-state index contributed by atoms with van der Waals surface area (Å²) in [6, 6.07) is 10.9. The molecule has 2 aromatic rings. The number of nitrogens with zero attached hydrogens (tertiary/aromatic N) is 2. The molecular formula is C14H16N4O. The molecule has 98 valence electrons. The first-order valence-electron chi connectivity index (χ1n) is 6.23. The van der Waals surface area contributed by atoms with Gasteiger partial charge in [0, 0.05) is 18.4 Å². The van der Waals surface area contributed by atoms with Gasteiger partial charge in [-0.05, 0) is 24.6 Å². The van der Waals surface area contributed by atoms with Crippen molar-refractivity contribution in [2.45, 2.75) is 13.3 Å². The zero-order chi connectivity index (χ0) is 13.5. The monoisotopic (exact) mass is 256 g/mol. The number of benzene rings is 1. The molecule has 2 N–H and O–H groups in total. The van der Waals surface area contributed by atoms with Gasteiger partial charge in [0.05, 0.1) is 0 Å². The number of hydrogen-bond donors (Lipinski definition) is 2. The number of anilines is 2. The number of carbonyl (C=O) groups is 1. The molecule has 1 heterocycles. The van der Waals surface area contributed by atoms with Gasteiger partial charge in [0.1, 0.15) is 5.69 Å². The van der Waals surface area contributed by atoms with E-state index in [1.54, 1.807) is 12.3 Å². The van der Waals surface area contributed by atoms with Crippen LogP contribution >= 0.6 is 0 Å². The topological polar surface area (TPSA) is 66.9 Å². The Morgan fingerprint density at radius 2 is 2.00 bits per heavy atom. The average molecular weight is 256 g/mol. The van der Waals surface area contributed by atoms with E-state index in [-0.39, 0.29) is 5.91 Å². The van der Waals surface area contributed by atoms with Crippen LogP contribution in [-0.4, -0.2) is 22.4 Å². The fourth-order valence-electron chi connectivity index (χ4n) is 1.52. The highest BCUT2D eigenvalue weighted by atomic mass is 16.1. The van der Waals surface area contributed by atoms with Gasteiger partial charge in [-0.25, -0.2) is 9.97 Å². The van der Waals surface area contributed by atoms with E-state index < -0.39 is 0 Å². The number of rotatable bonds is 5. The van der Waals surface area contributed by atoms with Crippen LogP contribution in [0.5, 0.6) is 0 Å². The molecule has 0 bridgehead atoms. The lowest BCUT2D eigenvalue weighted by atomic mass is 10.3. The summed E-state index contributed by atoms with van der Waals surface area (Å²) in [6.45, 7) is 2.84. The third-order valence-corrected chi connectivity index (χ3v) is 2.45. The Morgan fingerprint density at radius 1 is 1.21 bits per heavy atom. The lowest BCUT2D eigenvalue weighted by molar-refractivity contribution is 0.102. The Morgan fingerprint density at radius 3 is 2.74 bits per heavy atom. The molecule has 5 heteroatoms. The minimum atomic E-state index is -0.242. The molecular weight excluding hydrogens is 240 g/mol. The van der Waals surface area contributed by atoms with Gasteiger partial charge in [0.25, 0.3) is 5.91 Å². The zero-order valence-electron chi connectivity index (χ0n) is 10.8. The molecule has 0 aliphatic heterocycles. The summed E-state index contributed by atoms with van der Waals surface area (Å²) >= 11 is 0. The summed E-state index contributed by atoms with van der Waals surface area (Å²) < 4.78 is 0. The largest absolute Gasteiger partial charge is 0.354 e. The van der Waals surface area contributed by atoms with Crippen molar-refractivity contribution in [3.8, 4) is 0 Å². The first kappa shape index (κ1) is 13.0. The third-order valence-electron chi connectivity index (χ3n) is 2.45. The molecule has 5 nitrogen and oxygen atoms in total. The van der Waals surface area contributed by atoms with E-state index in [0.717, 1.165) is 18.7 Å². The van der Waals surface area contributed by atoms with E-state index in [0.29, 0.717) is 11.6 Å². The first-order chi connectivity index (χ1) is 9.29. The van der Waals surface area contributed by atoms with Gasteiger partial charge in [-0.2, -0.15) is 0 Å². The van der Waals surface area contributed by atoms with Crippen molar-refractivity contribution >= 4 is 17.5 Å². The summed E-state index contributed by atoms with van der Waals surface area (Å²) in [6.07, 6.45) is 2.55. The Labute approximate surface area is 112 Å². The standard InChI is InChI=1S/C14H16N4O/c1-2-9-15-14-16-10-8-12(18-14)13(19)17-11-6-4-3-5-7-11/h3-8,10H,2,9H2,1H3,(H,17,19)(H,15,16,18). The van der Waals surface area contributed by atoms with Gasteiger partial charge < -0.3 is 10.6 Å². The predicted octanol–water partition coefficient (Wildman–Crippen LogP) is 2.55. The highest BCUT2D eigenvalue weighted by Gasteiger charge is 2.08. The number of nitrogens with one attached hydrogen (secondary N) is 2. The maximum Gasteiger partial charge on any atom is 0.274 e. The minimum Gasteiger partial charge on any atom is -0.354 e. The van der Waals surface area contributed by atoms with E-state index in [1.165, 1.54) is 0 Å². The number of amides is 1. The second-order valence-corrected chi connectivity index (χ2v) is 4.01. The summed E-state index contributed by atoms with van der Waals surface area (Å²) in [5.41, 5.74) is 1.09. The van der Waals surface area contributed by atoms with Gasteiger partial charge >= 0.3 is 0 Å². The van der Waals surface area contributed by atoms with Crippen LogP contribution in [-0.2, 0) is 0 Å². The van der Waals surface area contributed by atoms with Crippen LogP contribution in [0.4, 0.5) is 11.6 Å². The Bertz CT molecular complexity index is 542. The molecule has 0 radical (unpaired) electrons. The first-order valence-corrected chi connectivity index (χ1v) is 6.23. The summed E-state index contributed by atoms with van der Waals surface area (Å²) in [5, 5.41) is 5.84. The molecule has 0 aliphatic carbocycles. The highest BCUT2D eigenvalue weighted by Crippen LogP contribution is 2.08. The van der Waals surface area contributed by atoms with Crippen molar-refractivity contribution in [1.82, 2.24) is 9.97 Å². The lowest BCUT2D eigenvalue weighted by Gasteiger charge is -2.06. The van der Waals surface area contributed by atoms with Crippen molar-refractivity contribution in [3.63, 3.8) is 0 Å². The van der Waals surface area contributed by atoms with E-state index in [2.05, 4.69) is 27.5 Å². The molecule has 19 heavy (non-hydrogen) atoms. The van der Waals surface area contributed by atoms with Crippen LogP contribution in [0, 0.1) is 0 Å². The molecule has 0 atom stereocenters. The number of hydrogen-bond acceptors (Lipinski definition) is 4. The molecule has 1 aromatic heterocycles. The Hall–Kier alpha value is -2.43. The quantitative estimate of drug-likeness (QED) is 0.862. The van der Waals surface area contributed by atoms with Crippen molar-refractivity contribution in [2.75, 3.05) is 17.2 Å². The smallest absolute Gasteiger partial charge is 0.274 e. The maximum atomic E-state index is 12.0. The lowest BCUT2D eigenvalue weighted by Crippen LogP contribution is -2.15. The molecule has 1 aromatic carbocycles. The van der Waals surface area contributed by atoms with Crippen molar-refractivity contribution in [3.05, 3.63) is 48.3 Å². The van der Waals surface area contributed by atoms with Crippen LogP contribution in [0.3, 0.4) is 0 Å².